The SMILES string of the molecule is O=C1NC(Cc2cccc3c2ccn3Cc2ccccc2Br)C(=O)S1. The summed E-state index contributed by atoms with van der Waals surface area (Å²) in [6, 6.07) is 15.9. The van der Waals surface area contributed by atoms with Crippen LogP contribution in [0.2, 0.25) is 0 Å². The Kier molecular flexibility index (Phi) is 4.39. The van der Waals surface area contributed by atoms with Gasteiger partial charge in [0, 0.05) is 46.3 Å². The van der Waals surface area contributed by atoms with E-state index in [-0.39, 0.29) is 10.4 Å². The number of nitrogens with zero attached hydrogens (tertiary/aromatic N) is 1. The largest absolute Gasteiger partial charge is 0.343 e. The molecule has 1 N–H and O–H groups in total. The lowest BCUT2D eigenvalue weighted by Gasteiger charge is -2.11. The molecule has 4 rings (SSSR count). The van der Waals surface area contributed by atoms with Crippen molar-refractivity contribution in [3.05, 3.63) is 70.3 Å². The van der Waals surface area contributed by atoms with Crippen LogP contribution < -0.4 is 5.32 Å². The molecule has 3 aromatic rings. The molecule has 1 aliphatic heterocycles. The summed E-state index contributed by atoms with van der Waals surface area (Å²) in [6.07, 6.45) is 2.59. The van der Waals surface area contributed by atoms with Crippen molar-refractivity contribution in [3.63, 3.8) is 0 Å². The van der Waals surface area contributed by atoms with E-state index in [2.05, 4.69) is 50.2 Å². The number of hydrogen-bond donors (Lipinski definition) is 1. The van der Waals surface area contributed by atoms with Crippen LogP contribution in [-0.2, 0) is 17.8 Å². The molecule has 1 atom stereocenters. The first-order valence-electron chi connectivity index (χ1n) is 7.94. The maximum absolute atomic E-state index is 11.9. The highest BCUT2D eigenvalue weighted by molar-refractivity contribution is 9.10. The van der Waals surface area contributed by atoms with Crippen LogP contribution in [0, 0.1) is 0 Å². The number of hydrogen-bond acceptors (Lipinski definition) is 3. The van der Waals surface area contributed by atoms with E-state index in [1.165, 1.54) is 5.56 Å². The van der Waals surface area contributed by atoms with Crippen molar-refractivity contribution in [2.75, 3.05) is 0 Å². The Hall–Kier alpha value is -2.05. The van der Waals surface area contributed by atoms with E-state index in [1.807, 2.05) is 30.3 Å². The first-order valence-corrected chi connectivity index (χ1v) is 9.55. The second-order valence-electron chi connectivity index (χ2n) is 5.99. The predicted octanol–water partition coefficient (Wildman–Crippen LogP) is 4.35. The van der Waals surface area contributed by atoms with Gasteiger partial charge in [0.15, 0.2) is 0 Å². The summed E-state index contributed by atoms with van der Waals surface area (Å²) in [4.78, 5) is 23.3. The number of benzene rings is 2. The van der Waals surface area contributed by atoms with Crippen molar-refractivity contribution in [1.29, 1.82) is 0 Å². The number of nitrogens with one attached hydrogen (secondary N) is 1. The Bertz CT molecular complexity index is 982. The highest BCUT2D eigenvalue weighted by Crippen LogP contribution is 2.26. The van der Waals surface area contributed by atoms with Gasteiger partial charge >= 0.3 is 0 Å². The van der Waals surface area contributed by atoms with Gasteiger partial charge in [-0.2, -0.15) is 0 Å². The fourth-order valence-corrected chi connectivity index (χ4v) is 4.24. The van der Waals surface area contributed by atoms with E-state index < -0.39 is 6.04 Å². The summed E-state index contributed by atoms with van der Waals surface area (Å²) < 4.78 is 3.28. The van der Waals surface area contributed by atoms with E-state index in [0.29, 0.717) is 6.42 Å². The first kappa shape index (κ1) is 16.4. The van der Waals surface area contributed by atoms with Crippen LogP contribution >= 0.6 is 27.7 Å². The maximum Gasteiger partial charge on any atom is 0.287 e. The third-order valence-electron chi connectivity index (χ3n) is 4.40. The molecule has 1 aliphatic rings. The zero-order valence-electron chi connectivity index (χ0n) is 13.2. The summed E-state index contributed by atoms with van der Waals surface area (Å²) in [6.45, 7) is 0.767. The zero-order valence-corrected chi connectivity index (χ0v) is 15.6. The fourth-order valence-electron chi connectivity index (χ4n) is 3.16. The predicted molar refractivity (Wildman–Crippen MR) is 104 cm³/mol. The van der Waals surface area contributed by atoms with Crippen LogP contribution in [-0.4, -0.2) is 21.0 Å². The van der Waals surface area contributed by atoms with Crippen molar-refractivity contribution in [2.45, 2.75) is 19.0 Å². The highest BCUT2D eigenvalue weighted by Gasteiger charge is 2.31. The quantitative estimate of drug-likeness (QED) is 0.690. The lowest BCUT2D eigenvalue weighted by molar-refractivity contribution is -0.112. The molecule has 2 aromatic carbocycles. The van der Waals surface area contributed by atoms with Crippen molar-refractivity contribution < 1.29 is 9.59 Å². The monoisotopic (exact) mass is 414 g/mol. The van der Waals surface area contributed by atoms with Gasteiger partial charge in [-0.05, 0) is 29.3 Å². The third-order valence-corrected chi connectivity index (χ3v) is 5.96. The zero-order chi connectivity index (χ0) is 17.4. The van der Waals surface area contributed by atoms with Gasteiger partial charge in [0.2, 0.25) is 5.12 Å². The fraction of sp³-hybridized carbons (Fsp3) is 0.158. The molecule has 0 spiro atoms. The number of carbonyl (C=O) groups excluding carboxylic acids is 2. The van der Waals surface area contributed by atoms with Crippen molar-refractivity contribution in [1.82, 2.24) is 9.88 Å². The number of rotatable bonds is 4. The molecule has 2 heterocycles. The smallest absolute Gasteiger partial charge is 0.287 e. The molecular formula is C19H15BrN2O2S. The minimum Gasteiger partial charge on any atom is -0.343 e. The molecular weight excluding hydrogens is 400 g/mol. The summed E-state index contributed by atoms with van der Waals surface area (Å²) in [7, 11) is 0. The maximum atomic E-state index is 11.9. The molecule has 1 fully saturated rings. The van der Waals surface area contributed by atoms with Crippen LogP contribution in [0.4, 0.5) is 4.79 Å². The van der Waals surface area contributed by atoms with Gasteiger partial charge in [-0.15, -0.1) is 0 Å². The van der Waals surface area contributed by atoms with Crippen molar-refractivity contribution in [2.24, 2.45) is 0 Å². The van der Waals surface area contributed by atoms with Crippen LogP contribution in [0.15, 0.2) is 59.2 Å². The Balaban J connectivity index is 1.65. The molecule has 126 valence electrons. The van der Waals surface area contributed by atoms with Gasteiger partial charge < -0.3 is 9.88 Å². The molecule has 4 nitrogen and oxygen atoms in total. The lowest BCUT2D eigenvalue weighted by atomic mass is 10.0. The van der Waals surface area contributed by atoms with Gasteiger partial charge in [-0.3, -0.25) is 9.59 Å². The van der Waals surface area contributed by atoms with Crippen LogP contribution in [0.25, 0.3) is 10.9 Å². The molecule has 1 amide bonds. The molecule has 0 radical (unpaired) electrons. The van der Waals surface area contributed by atoms with Crippen molar-refractivity contribution >= 4 is 48.9 Å². The number of aromatic nitrogens is 1. The molecule has 0 bridgehead atoms. The van der Waals surface area contributed by atoms with Crippen molar-refractivity contribution in [3.8, 4) is 0 Å². The summed E-state index contributed by atoms with van der Waals surface area (Å²) in [5.74, 6) is 0. The molecule has 1 aromatic heterocycles. The molecule has 1 saturated heterocycles. The second-order valence-corrected chi connectivity index (χ2v) is 7.83. The number of thioether (sulfide) groups is 1. The summed E-state index contributed by atoms with van der Waals surface area (Å²) in [5.41, 5.74) is 3.40. The van der Waals surface area contributed by atoms with E-state index in [1.54, 1.807) is 0 Å². The Morgan fingerprint density at radius 1 is 1.04 bits per heavy atom. The van der Waals surface area contributed by atoms with Crippen LogP contribution in [0.3, 0.4) is 0 Å². The van der Waals surface area contributed by atoms with Gasteiger partial charge in [0.05, 0.1) is 0 Å². The van der Waals surface area contributed by atoms with Gasteiger partial charge in [-0.25, -0.2) is 0 Å². The van der Waals surface area contributed by atoms with E-state index in [0.717, 1.165) is 39.2 Å². The minimum atomic E-state index is -0.435. The Morgan fingerprint density at radius 2 is 1.84 bits per heavy atom. The molecule has 0 aliphatic carbocycles. The van der Waals surface area contributed by atoms with E-state index >= 15 is 0 Å². The summed E-state index contributed by atoms with van der Waals surface area (Å²) in [5, 5.41) is 3.49. The number of carbonyl (C=O) groups is 2. The number of halogens is 1. The van der Waals surface area contributed by atoms with E-state index in [4.69, 9.17) is 0 Å². The minimum absolute atomic E-state index is 0.102. The molecule has 25 heavy (non-hydrogen) atoms. The standard InChI is InChI=1S/C19H15BrN2O2S/c20-15-6-2-1-4-13(15)11-22-9-8-14-12(5-3-7-17(14)22)10-16-18(23)25-19(24)21-16/h1-9,16H,10-11H2,(H,21,24). The molecule has 6 heteroatoms. The van der Waals surface area contributed by atoms with E-state index in [9.17, 15) is 9.59 Å². The normalized spacial score (nSPS) is 17.2. The van der Waals surface area contributed by atoms with Crippen LogP contribution in [0.1, 0.15) is 11.1 Å². The van der Waals surface area contributed by atoms with Crippen LogP contribution in [0.5, 0.6) is 0 Å². The average Bonchev–Trinajstić information content (AvgIpc) is 3.14. The number of amides is 1. The van der Waals surface area contributed by atoms with Gasteiger partial charge in [-0.1, -0.05) is 46.3 Å². The second kappa shape index (κ2) is 6.69. The van der Waals surface area contributed by atoms with Gasteiger partial charge in [0.1, 0.15) is 6.04 Å². The topological polar surface area (TPSA) is 51.1 Å². The highest BCUT2D eigenvalue weighted by atomic mass is 79.9. The third kappa shape index (κ3) is 3.24. The number of fused-ring (bicyclic) bond motifs is 1. The average molecular weight is 415 g/mol. The first-order chi connectivity index (χ1) is 12.1. The molecule has 1 unspecified atom stereocenters. The Morgan fingerprint density at radius 3 is 2.60 bits per heavy atom. The Labute approximate surface area is 157 Å². The molecule has 0 saturated carbocycles. The summed E-state index contributed by atoms with van der Waals surface area (Å²) >= 11 is 4.36. The lowest BCUT2D eigenvalue weighted by Crippen LogP contribution is -2.30. The van der Waals surface area contributed by atoms with Gasteiger partial charge in [0.25, 0.3) is 5.24 Å².